The molecule has 0 unspecified atom stereocenters. The highest BCUT2D eigenvalue weighted by Crippen LogP contribution is 2.42. The largest absolute Gasteiger partial charge is 0.381 e. The molecular weight excluding hydrogens is 218 g/mol. The van der Waals surface area contributed by atoms with Crippen LogP contribution in [0.2, 0.25) is 0 Å². The summed E-state index contributed by atoms with van der Waals surface area (Å²) in [7, 11) is 0. The van der Waals surface area contributed by atoms with Crippen molar-refractivity contribution in [3.05, 3.63) is 22.7 Å². The fourth-order valence-corrected chi connectivity index (χ4v) is 2.10. The maximum atomic E-state index is 5.85. The molecule has 2 heterocycles. The van der Waals surface area contributed by atoms with Gasteiger partial charge in [-0.25, -0.2) is 4.68 Å². The average molecular weight is 233 g/mol. The Kier molecular flexibility index (Phi) is 2.17. The Morgan fingerprint density at radius 3 is 2.76 bits per heavy atom. The molecule has 1 aliphatic carbocycles. The van der Waals surface area contributed by atoms with E-state index in [1.807, 2.05) is 18.5 Å². The predicted molar refractivity (Wildman–Crippen MR) is 61.5 cm³/mol. The molecule has 0 aliphatic heterocycles. The number of rotatable bonds is 3. The van der Waals surface area contributed by atoms with Crippen molar-refractivity contribution in [1.82, 2.24) is 20.2 Å². The topological polar surface area (TPSA) is 82.8 Å². The third kappa shape index (κ3) is 1.69. The van der Waals surface area contributed by atoms with Crippen LogP contribution in [0, 0.1) is 13.8 Å². The van der Waals surface area contributed by atoms with Gasteiger partial charge in [0.15, 0.2) is 5.82 Å². The first-order chi connectivity index (χ1) is 8.16. The van der Waals surface area contributed by atoms with Crippen LogP contribution in [0.3, 0.4) is 0 Å². The Balaban J connectivity index is 1.95. The monoisotopic (exact) mass is 233 g/mol. The Morgan fingerprint density at radius 1 is 1.41 bits per heavy atom. The lowest BCUT2D eigenvalue weighted by Crippen LogP contribution is -2.08. The van der Waals surface area contributed by atoms with Gasteiger partial charge in [0.05, 0.1) is 17.9 Å². The quantitative estimate of drug-likeness (QED) is 0.866. The fourth-order valence-electron chi connectivity index (χ4n) is 2.10. The van der Waals surface area contributed by atoms with E-state index in [0.29, 0.717) is 18.3 Å². The zero-order valence-electron chi connectivity index (χ0n) is 9.97. The summed E-state index contributed by atoms with van der Waals surface area (Å²) in [5.41, 5.74) is 8.88. The highest BCUT2D eigenvalue weighted by atomic mass is 16.5. The van der Waals surface area contributed by atoms with Crippen LogP contribution in [0.5, 0.6) is 0 Å². The molecule has 2 aromatic rings. The van der Waals surface area contributed by atoms with Gasteiger partial charge in [-0.1, -0.05) is 10.4 Å². The van der Waals surface area contributed by atoms with E-state index in [1.54, 1.807) is 0 Å². The van der Waals surface area contributed by atoms with Gasteiger partial charge >= 0.3 is 0 Å². The third-order valence-corrected chi connectivity index (χ3v) is 3.25. The molecule has 0 spiro atoms. The molecule has 0 aromatic carbocycles. The maximum absolute atomic E-state index is 5.85. The molecule has 2 N–H and O–H groups in total. The van der Waals surface area contributed by atoms with Crippen LogP contribution >= 0.6 is 0 Å². The Hall–Kier alpha value is -1.85. The van der Waals surface area contributed by atoms with Crippen LogP contribution in [-0.2, 0) is 6.54 Å². The third-order valence-electron chi connectivity index (χ3n) is 3.25. The van der Waals surface area contributed by atoms with Crippen molar-refractivity contribution in [2.75, 3.05) is 5.73 Å². The van der Waals surface area contributed by atoms with Crippen LogP contribution in [-0.4, -0.2) is 20.2 Å². The summed E-state index contributed by atoms with van der Waals surface area (Å²) in [5.74, 6) is 1.92. The molecule has 90 valence electrons. The fraction of sp³-hybridized carbons (Fsp3) is 0.545. The van der Waals surface area contributed by atoms with Crippen molar-refractivity contribution in [2.45, 2.75) is 39.2 Å². The smallest absolute Gasteiger partial charge is 0.169 e. The van der Waals surface area contributed by atoms with E-state index in [2.05, 4.69) is 15.5 Å². The van der Waals surface area contributed by atoms with Gasteiger partial charge in [-0.3, -0.25) is 0 Å². The summed E-state index contributed by atoms with van der Waals surface area (Å²) < 4.78 is 7.02. The summed E-state index contributed by atoms with van der Waals surface area (Å²) in [6.07, 6.45) is 2.36. The summed E-state index contributed by atoms with van der Waals surface area (Å²) in [4.78, 5) is 0. The number of nitrogen functional groups attached to an aromatic ring is 1. The number of anilines is 1. The predicted octanol–water partition coefficient (Wildman–Crippen LogP) is 1.39. The standard InChI is InChI=1S/C11H15N5O/c1-6-9(7(2)17-14-6)5-16-10(8-3-4-8)11(12)13-15-16/h8H,3-5,12H2,1-2H3. The molecule has 6 heteroatoms. The molecule has 2 aromatic heterocycles. The first-order valence-electron chi connectivity index (χ1n) is 5.77. The molecule has 0 radical (unpaired) electrons. The van der Waals surface area contributed by atoms with Crippen LogP contribution in [0.15, 0.2) is 4.52 Å². The van der Waals surface area contributed by atoms with Crippen molar-refractivity contribution in [3.63, 3.8) is 0 Å². The molecule has 1 saturated carbocycles. The lowest BCUT2D eigenvalue weighted by atomic mass is 10.2. The van der Waals surface area contributed by atoms with Crippen molar-refractivity contribution < 1.29 is 4.52 Å². The Bertz CT molecular complexity index is 533. The molecular formula is C11H15N5O. The molecule has 0 amide bonds. The summed E-state index contributed by atoms with van der Waals surface area (Å²) in [6, 6.07) is 0. The number of hydrogen-bond donors (Lipinski definition) is 1. The number of nitrogens with zero attached hydrogens (tertiary/aromatic N) is 4. The van der Waals surface area contributed by atoms with Gasteiger partial charge in [-0.2, -0.15) is 0 Å². The molecule has 3 rings (SSSR count). The second kappa shape index (κ2) is 3.58. The Morgan fingerprint density at radius 2 is 2.18 bits per heavy atom. The van der Waals surface area contributed by atoms with Gasteiger partial charge in [0.2, 0.25) is 0 Å². The van der Waals surface area contributed by atoms with Crippen molar-refractivity contribution >= 4 is 5.82 Å². The van der Waals surface area contributed by atoms with E-state index >= 15 is 0 Å². The zero-order valence-corrected chi connectivity index (χ0v) is 9.97. The highest BCUT2D eigenvalue weighted by Gasteiger charge is 2.31. The van der Waals surface area contributed by atoms with Crippen LogP contribution in [0.25, 0.3) is 0 Å². The molecule has 17 heavy (non-hydrogen) atoms. The second-order valence-corrected chi connectivity index (χ2v) is 4.59. The van der Waals surface area contributed by atoms with Gasteiger partial charge in [0, 0.05) is 11.5 Å². The van der Waals surface area contributed by atoms with E-state index in [4.69, 9.17) is 10.3 Å². The number of aromatic nitrogens is 4. The number of aryl methyl sites for hydroxylation is 2. The first-order valence-corrected chi connectivity index (χ1v) is 5.77. The van der Waals surface area contributed by atoms with Gasteiger partial charge in [0.25, 0.3) is 0 Å². The molecule has 0 bridgehead atoms. The van der Waals surface area contributed by atoms with Gasteiger partial charge in [-0.15, -0.1) is 5.10 Å². The van der Waals surface area contributed by atoms with E-state index in [9.17, 15) is 0 Å². The average Bonchev–Trinajstić information content (AvgIpc) is 3.01. The first kappa shape index (κ1) is 10.3. The van der Waals surface area contributed by atoms with Gasteiger partial charge < -0.3 is 10.3 Å². The molecule has 0 atom stereocenters. The number of nitrogens with two attached hydrogens (primary N) is 1. The summed E-state index contributed by atoms with van der Waals surface area (Å²) in [5, 5.41) is 12.0. The minimum atomic E-state index is 0.533. The van der Waals surface area contributed by atoms with E-state index in [1.165, 1.54) is 12.8 Å². The molecule has 1 fully saturated rings. The molecule has 0 saturated heterocycles. The van der Waals surface area contributed by atoms with Crippen LogP contribution < -0.4 is 5.73 Å². The van der Waals surface area contributed by atoms with Crippen molar-refractivity contribution in [2.24, 2.45) is 0 Å². The van der Waals surface area contributed by atoms with E-state index in [0.717, 1.165) is 22.7 Å². The minimum absolute atomic E-state index is 0.533. The highest BCUT2D eigenvalue weighted by molar-refractivity contribution is 5.38. The van der Waals surface area contributed by atoms with Gasteiger partial charge in [-0.05, 0) is 26.7 Å². The minimum Gasteiger partial charge on any atom is -0.381 e. The lowest BCUT2D eigenvalue weighted by molar-refractivity contribution is 0.391. The zero-order chi connectivity index (χ0) is 12.0. The number of hydrogen-bond acceptors (Lipinski definition) is 5. The summed E-state index contributed by atoms with van der Waals surface area (Å²) >= 11 is 0. The van der Waals surface area contributed by atoms with Crippen LogP contribution in [0.1, 0.15) is 41.5 Å². The lowest BCUT2D eigenvalue weighted by Gasteiger charge is -2.05. The molecule has 1 aliphatic rings. The van der Waals surface area contributed by atoms with E-state index < -0.39 is 0 Å². The van der Waals surface area contributed by atoms with Crippen molar-refractivity contribution in [3.8, 4) is 0 Å². The second-order valence-electron chi connectivity index (χ2n) is 4.59. The normalized spacial score (nSPS) is 15.4. The Labute approximate surface area is 98.8 Å². The summed E-state index contributed by atoms with van der Waals surface area (Å²) in [6.45, 7) is 4.48. The van der Waals surface area contributed by atoms with Crippen LogP contribution in [0.4, 0.5) is 5.82 Å². The van der Waals surface area contributed by atoms with Crippen molar-refractivity contribution in [1.29, 1.82) is 0 Å². The SMILES string of the molecule is Cc1noc(C)c1Cn1nnc(N)c1C1CC1. The maximum Gasteiger partial charge on any atom is 0.169 e. The molecule has 6 nitrogen and oxygen atoms in total. The van der Waals surface area contributed by atoms with Gasteiger partial charge in [0.1, 0.15) is 5.76 Å². The van der Waals surface area contributed by atoms with E-state index in [-0.39, 0.29) is 0 Å².